The first-order chi connectivity index (χ1) is 15.4. The van der Waals surface area contributed by atoms with Gasteiger partial charge in [-0.2, -0.15) is 0 Å². The maximum absolute atomic E-state index is 12.5. The van der Waals surface area contributed by atoms with Gasteiger partial charge in [0.1, 0.15) is 4.88 Å². The molecule has 2 heterocycles. The average Bonchev–Trinajstić information content (AvgIpc) is 3.37. The zero-order valence-corrected chi connectivity index (χ0v) is 19.3. The molecule has 1 saturated heterocycles. The van der Waals surface area contributed by atoms with Gasteiger partial charge < -0.3 is 24.6 Å². The van der Waals surface area contributed by atoms with E-state index in [1.54, 1.807) is 17.0 Å². The Balaban J connectivity index is 1.60. The van der Waals surface area contributed by atoms with Crippen LogP contribution in [0.25, 0.3) is 0 Å². The molecule has 2 unspecified atom stereocenters. The fraction of sp³-hybridized carbons (Fsp3) is 0.500. The van der Waals surface area contributed by atoms with Crippen LogP contribution in [0, 0.1) is 0 Å². The molecule has 3 atom stereocenters. The van der Waals surface area contributed by atoms with Gasteiger partial charge in [0.15, 0.2) is 0 Å². The number of hydrogen-bond acceptors (Lipinski definition) is 7. The standard InChI is InChI=1S/C24H31NO6S/c1-3-4-5-6-20(26)16-7-9-17(10-8-16)25-19(21(27)13-23(25)28)15-31-14-18-11-12-22(32-18)24(29)30-2/h7-12,19-21,26-27H,3-6,13-15H2,1-2H3/t19?,20?,21-/m0/s1. The van der Waals surface area contributed by atoms with Crippen molar-refractivity contribution in [3.05, 3.63) is 51.7 Å². The smallest absolute Gasteiger partial charge is 0.348 e. The number of esters is 1. The summed E-state index contributed by atoms with van der Waals surface area (Å²) in [4.78, 5) is 27.1. The van der Waals surface area contributed by atoms with Crippen molar-refractivity contribution in [3.8, 4) is 0 Å². The summed E-state index contributed by atoms with van der Waals surface area (Å²) in [5.41, 5.74) is 1.50. The maximum Gasteiger partial charge on any atom is 0.348 e. The lowest BCUT2D eigenvalue weighted by molar-refractivity contribution is -0.117. The van der Waals surface area contributed by atoms with Crippen LogP contribution in [0.15, 0.2) is 36.4 Å². The number of methoxy groups -OCH3 is 1. The van der Waals surface area contributed by atoms with E-state index in [1.165, 1.54) is 18.4 Å². The minimum absolute atomic E-state index is 0.0426. The molecular formula is C24H31NO6S. The molecule has 0 aliphatic carbocycles. The van der Waals surface area contributed by atoms with E-state index in [2.05, 4.69) is 6.92 Å². The highest BCUT2D eigenvalue weighted by molar-refractivity contribution is 7.13. The van der Waals surface area contributed by atoms with E-state index in [4.69, 9.17) is 9.47 Å². The van der Waals surface area contributed by atoms with Crippen LogP contribution in [0.4, 0.5) is 5.69 Å². The Hall–Kier alpha value is -2.26. The fourth-order valence-corrected chi connectivity index (χ4v) is 4.71. The van der Waals surface area contributed by atoms with E-state index in [0.29, 0.717) is 17.0 Å². The molecular weight excluding hydrogens is 430 g/mol. The Morgan fingerprint density at radius 1 is 1.22 bits per heavy atom. The van der Waals surface area contributed by atoms with Crippen LogP contribution in [-0.2, 0) is 20.9 Å². The molecule has 0 radical (unpaired) electrons. The van der Waals surface area contributed by atoms with E-state index in [-0.39, 0.29) is 31.5 Å². The van der Waals surface area contributed by atoms with Crippen molar-refractivity contribution in [1.82, 2.24) is 0 Å². The van der Waals surface area contributed by atoms with Gasteiger partial charge in [-0.15, -0.1) is 11.3 Å². The van der Waals surface area contributed by atoms with Crippen LogP contribution in [0.1, 0.15) is 65.2 Å². The Bertz CT molecular complexity index is 896. The summed E-state index contributed by atoms with van der Waals surface area (Å²) in [6.45, 7) is 2.57. The number of aliphatic hydroxyl groups excluding tert-OH is 2. The molecule has 1 aliphatic rings. The van der Waals surface area contributed by atoms with Crippen LogP contribution >= 0.6 is 11.3 Å². The number of unbranched alkanes of at least 4 members (excludes halogenated alkanes) is 2. The van der Waals surface area contributed by atoms with Crippen LogP contribution < -0.4 is 4.90 Å². The zero-order chi connectivity index (χ0) is 23.1. The molecule has 1 amide bonds. The molecule has 2 N–H and O–H groups in total. The minimum atomic E-state index is -0.823. The first kappa shape index (κ1) is 24.4. The molecule has 1 aromatic heterocycles. The molecule has 7 nitrogen and oxygen atoms in total. The van der Waals surface area contributed by atoms with Crippen LogP contribution in [-0.4, -0.2) is 48.0 Å². The quantitative estimate of drug-likeness (QED) is 0.390. The Morgan fingerprint density at radius 2 is 1.97 bits per heavy atom. The number of anilines is 1. The van der Waals surface area contributed by atoms with E-state index in [0.717, 1.165) is 29.7 Å². The third-order valence-corrected chi connectivity index (χ3v) is 6.69. The lowest BCUT2D eigenvalue weighted by Gasteiger charge is -2.26. The summed E-state index contributed by atoms with van der Waals surface area (Å²) in [6.07, 6.45) is 2.58. The van der Waals surface area contributed by atoms with Gasteiger partial charge in [-0.25, -0.2) is 4.79 Å². The molecule has 2 aromatic rings. The van der Waals surface area contributed by atoms with Crippen LogP contribution in [0.3, 0.4) is 0 Å². The Labute approximate surface area is 192 Å². The Kier molecular flexibility index (Phi) is 8.81. The molecule has 174 valence electrons. The predicted octanol–water partition coefficient (Wildman–Crippen LogP) is 3.83. The van der Waals surface area contributed by atoms with Crippen molar-refractivity contribution in [2.45, 2.75) is 63.9 Å². The molecule has 3 rings (SSSR count). The Morgan fingerprint density at radius 3 is 2.66 bits per heavy atom. The number of aliphatic hydroxyl groups is 2. The summed E-state index contributed by atoms with van der Waals surface area (Å²) in [7, 11) is 1.34. The lowest BCUT2D eigenvalue weighted by Crippen LogP contribution is -2.40. The second-order valence-electron chi connectivity index (χ2n) is 7.98. The third-order valence-electron chi connectivity index (χ3n) is 5.65. The van der Waals surface area contributed by atoms with Gasteiger partial charge in [-0.3, -0.25) is 4.79 Å². The second kappa shape index (κ2) is 11.6. The maximum atomic E-state index is 12.5. The van der Waals surface area contributed by atoms with Crippen molar-refractivity contribution < 1.29 is 29.3 Å². The van der Waals surface area contributed by atoms with Crippen molar-refractivity contribution in [1.29, 1.82) is 0 Å². The summed E-state index contributed by atoms with van der Waals surface area (Å²) in [5.74, 6) is -0.547. The number of hydrogen-bond donors (Lipinski definition) is 2. The summed E-state index contributed by atoms with van der Waals surface area (Å²) >= 11 is 1.29. The van der Waals surface area contributed by atoms with Gasteiger partial charge >= 0.3 is 5.97 Å². The number of amides is 1. The average molecular weight is 462 g/mol. The lowest BCUT2D eigenvalue weighted by atomic mass is 10.0. The third kappa shape index (κ3) is 5.95. The van der Waals surface area contributed by atoms with Crippen LogP contribution in [0.5, 0.6) is 0 Å². The van der Waals surface area contributed by atoms with E-state index in [1.807, 2.05) is 24.3 Å². The first-order valence-corrected chi connectivity index (χ1v) is 11.8. The summed E-state index contributed by atoms with van der Waals surface area (Å²) in [5, 5.41) is 20.8. The fourth-order valence-electron chi connectivity index (χ4n) is 3.85. The second-order valence-corrected chi connectivity index (χ2v) is 9.15. The molecule has 0 bridgehead atoms. The number of benzene rings is 1. The normalized spacial score (nSPS) is 19.4. The highest BCUT2D eigenvalue weighted by atomic mass is 32.1. The topological polar surface area (TPSA) is 96.3 Å². The SMILES string of the molecule is CCCCCC(O)c1ccc(N2C(=O)C[C@H](O)C2COCc2ccc(C(=O)OC)s2)cc1. The number of nitrogens with zero attached hydrogens (tertiary/aromatic N) is 1. The number of thiophene rings is 1. The van der Waals surface area contributed by atoms with Gasteiger partial charge in [-0.05, 0) is 36.2 Å². The van der Waals surface area contributed by atoms with Crippen molar-refractivity contribution in [2.24, 2.45) is 0 Å². The van der Waals surface area contributed by atoms with E-state index in [9.17, 15) is 19.8 Å². The summed E-state index contributed by atoms with van der Waals surface area (Å²) < 4.78 is 10.5. The monoisotopic (exact) mass is 461 g/mol. The highest BCUT2D eigenvalue weighted by Gasteiger charge is 2.39. The van der Waals surface area contributed by atoms with Gasteiger partial charge in [0.25, 0.3) is 0 Å². The molecule has 32 heavy (non-hydrogen) atoms. The summed E-state index contributed by atoms with van der Waals surface area (Å²) in [6, 6.07) is 10.3. The number of carbonyl (C=O) groups excluding carboxylic acids is 2. The number of ether oxygens (including phenoxy) is 2. The van der Waals surface area contributed by atoms with Crippen molar-refractivity contribution in [3.63, 3.8) is 0 Å². The number of carbonyl (C=O) groups is 2. The van der Waals surface area contributed by atoms with Gasteiger partial charge in [0, 0.05) is 10.6 Å². The highest BCUT2D eigenvalue weighted by Crippen LogP contribution is 2.30. The molecule has 1 fully saturated rings. The predicted molar refractivity (Wildman–Crippen MR) is 123 cm³/mol. The molecule has 1 aromatic carbocycles. The molecule has 0 saturated carbocycles. The molecule has 0 spiro atoms. The minimum Gasteiger partial charge on any atom is -0.465 e. The van der Waals surface area contributed by atoms with Crippen LogP contribution in [0.2, 0.25) is 0 Å². The van der Waals surface area contributed by atoms with E-state index < -0.39 is 18.2 Å². The largest absolute Gasteiger partial charge is 0.465 e. The molecule has 1 aliphatic heterocycles. The molecule has 8 heteroatoms. The van der Waals surface area contributed by atoms with E-state index >= 15 is 0 Å². The number of rotatable bonds is 11. The van der Waals surface area contributed by atoms with Gasteiger partial charge in [0.05, 0.1) is 45.0 Å². The zero-order valence-electron chi connectivity index (χ0n) is 18.5. The first-order valence-electron chi connectivity index (χ1n) is 11.0. The van der Waals surface area contributed by atoms with Crippen molar-refractivity contribution in [2.75, 3.05) is 18.6 Å². The van der Waals surface area contributed by atoms with Gasteiger partial charge in [0.2, 0.25) is 5.91 Å². The van der Waals surface area contributed by atoms with Gasteiger partial charge in [-0.1, -0.05) is 38.3 Å². The van der Waals surface area contributed by atoms with Crippen molar-refractivity contribution >= 4 is 28.9 Å².